The average Bonchev–Trinajstić information content (AvgIpc) is 3.40. The van der Waals surface area contributed by atoms with Gasteiger partial charge < -0.3 is 9.40 Å². The number of thiazole rings is 1. The molecule has 1 N–H and O–H groups in total. The fourth-order valence-corrected chi connectivity index (χ4v) is 4.14. The Kier molecular flexibility index (Phi) is 4.75. The predicted octanol–water partition coefficient (Wildman–Crippen LogP) is 3.95. The first-order valence-electron chi connectivity index (χ1n) is 8.03. The highest BCUT2D eigenvalue weighted by Gasteiger charge is 2.24. The van der Waals surface area contributed by atoms with E-state index in [2.05, 4.69) is 20.2 Å². The zero-order valence-corrected chi connectivity index (χ0v) is 15.8. The Labute approximate surface area is 162 Å². The minimum absolute atomic E-state index is 0.0619. The minimum Gasteiger partial charge on any atom is -0.411 e. The number of Topliss-reactive ketones (excluding diaryl/α,β-unsaturated/α-hetero) is 1. The van der Waals surface area contributed by atoms with Gasteiger partial charge in [-0.2, -0.15) is 5.26 Å². The number of fused-ring (bicyclic) bond motifs is 1. The summed E-state index contributed by atoms with van der Waals surface area (Å²) < 4.78 is 5.68. The van der Waals surface area contributed by atoms with Crippen LogP contribution in [0, 0.1) is 18.3 Å². The molecule has 1 atom stereocenters. The highest BCUT2D eigenvalue weighted by atomic mass is 32.2. The summed E-state index contributed by atoms with van der Waals surface area (Å²) in [6.07, 6.45) is 1.81. The normalized spacial score (nSPS) is 12.1. The van der Waals surface area contributed by atoms with E-state index in [0.717, 1.165) is 33.9 Å². The van der Waals surface area contributed by atoms with Gasteiger partial charge in [0.05, 0.1) is 17.4 Å². The van der Waals surface area contributed by atoms with Crippen LogP contribution >= 0.6 is 23.1 Å². The molecule has 27 heavy (non-hydrogen) atoms. The lowest BCUT2D eigenvalue weighted by Crippen LogP contribution is -2.13. The number of carbonyl (C=O) groups excluding carboxylic acids is 1. The van der Waals surface area contributed by atoms with E-state index < -0.39 is 5.92 Å². The number of nitrogens with zero attached hydrogens (tertiary/aromatic N) is 4. The van der Waals surface area contributed by atoms with Crippen LogP contribution in [0.2, 0.25) is 0 Å². The largest absolute Gasteiger partial charge is 0.411 e. The number of nitriles is 1. The van der Waals surface area contributed by atoms with Crippen molar-refractivity contribution in [1.29, 1.82) is 5.26 Å². The molecule has 0 fully saturated rings. The molecular formula is C18H13N5O2S2. The number of carbonyl (C=O) groups is 1. The van der Waals surface area contributed by atoms with E-state index >= 15 is 0 Å². The van der Waals surface area contributed by atoms with E-state index in [-0.39, 0.29) is 16.8 Å². The van der Waals surface area contributed by atoms with Crippen LogP contribution in [-0.2, 0) is 4.79 Å². The number of thioether (sulfide) groups is 1. The van der Waals surface area contributed by atoms with Crippen molar-refractivity contribution in [2.45, 2.75) is 18.1 Å². The summed E-state index contributed by atoms with van der Waals surface area (Å²) in [4.78, 5) is 19.8. The van der Waals surface area contributed by atoms with Crippen molar-refractivity contribution in [3.63, 3.8) is 0 Å². The van der Waals surface area contributed by atoms with Crippen molar-refractivity contribution < 1.29 is 9.21 Å². The third kappa shape index (κ3) is 3.49. The first kappa shape index (κ1) is 17.5. The third-order valence-corrected chi connectivity index (χ3v) is 5.77. The number of hydrogen-bond donors (Lipinski definition) is 1. The zero-order valence-electron chi connectivity index (χ0n) is 14.2. The fraction of sp³-hybridized carbons (Fsp3) is 0.167. The number of para-hydroxylation sites is 1. The summed E-state index contributed by atoms with van der Waals surface area (Å²) in [5.41, 5.74) is 2.59. The zero-order chi connectivity index (χ0) is 18.8. The Bertz CT molecular complexity index is 1150. The molecule has 0 spiro atoms. The molecule has 0 bridgehead atoms. The maximum Gasteiger partial charge on any atom is 0.277 e. The van der Waals surface area contributed by atoms with Crippen molar-refractivity contribution >= 4 is 39.8 Å². The lowest BCUT2D eigenvalue weighted by Gasteiger charge is -2.02. The molecule has 3 heterocycles. The standard InChI is InChI=1S/C18H13N5O2S2/c1-10-8-26-17(21-10)12(6-19)15(24)9-27-18-23-22-16(25-18)13-7-20-14-5-3-2-4-11(13)14/h2-5,7-8,12,20H,9H2,1H3/t12-/m0/s1. The Morgan fingerprint density at radius 1 is 1.41 bits per heavy atom. The second-order valence-corrected chi connectivity index (χ2v) is 7.58. The molecule has 0 amide bonds. The number of aryl methyl sites for hydroxylation is 1. The van der Waals surface area contributed by atoms with Gasteiger partial charge in [0.25, 0.3) is 11.1 Å². The minimum atomic E-state index is -0.868. The number of nitrogens with one attached hydrogen (secondary N) is 1. The Hall–Kier alpha value is -2.96. The van der Waals surface area contributed by atoms with E-state index in [9.17, 15) is 10.1 Å². The molecule has 0 aliphatic carbocycles. The predicted molar refractivity (Wildman–Crippen MR) is 103 cm³/mol. The van der Waals surface area contributed by atoms with Gasteiger partial charge in [0, 0.05) is 28.2 Å². The SMILES string of the molecule is Cc1csc([C@@H](C#N)C(=O)CSc2nnc(-c3c[nH]c4ccccc34)o2)n1. The maximum atomic E-state index is 12.4. The number of H-pyrrole nitrogens is 1. The molecule has 0 aliphatic heterocycles. The number of ketones is 1. The van der Waals surface area contributed by atoms with Gasteiger partial charge in [0.1, 0.15) is 5.01 Å². The average molecular weight is 395 g/mol. The topological polar surface area (TPSA) is 108 Å². The molecule has 9 heteroatoms. The number of rotatable bonds is 6. The van der Waals surface area contributed by atoms with Gasteiger partial charge in [-0.05, 0) is 13.0 Å². The lowest BCUT2D eigenvalue weighted by atomic mass is 10.1. The van der Waals surface area contributed by atoms with E-state index in [1.54, 1.807) is 0 Å². The summed E-state index contributed by atoms with van der Waals surface area (Å²) >= 11 is 2.44. The van der Waals surface area contributed by atoms with Gasteiger partial charge in [0.2, 0.25) is 0 Å². The van der Waals surface area contributed by atoms with Crippen molar-refractivity contribution in [2.75, 3.05) is 5.75 Å². The van der Waals surface area contributed by atoms with E-state index in [1.807, 2.05) is 48.8 Å². The van der Waals surface area contributed by atoms with Gasteiger partial charge in [0.15, 0.2) is 11.7 Å². The van der Waals surface area contributed by atoms with Crippen LogP contribution in [0.4, 0.5) is 0 Å². The Balaban J connectivity index is 1.47. The quantitative estimate of drug-likeness (QED) is 0.492. The van der Waals surface area contributed by atoms with Gasteiger partial charge >= 0.3 is 0 Å². The number of aromatic nitrogens is 4. The van der Waals surface area contributed by atoms with Gasteiger partial charge in [-0.1, -0.05) is 30.0 Å². The van der Waals surface area contributed by atoms with Crippen LogP contribution in [0.1, 0.15) is 16.6 Å². The Morgan fingerprint density at radius 2 is 2.26 bits per heavy atom. The van der Waals surface area contributed by atoms with Gasteiger partial charge in [-0.3, -0.25) is 4.79 Å². The summed E-state index contributed by atoms with van der Waals surface area (Å²) in [5.74, 6) is -0.655. The molecule has 0 unspecified atom stereocenters. The number of hydrogen-bond acceptors (Lipinski definition) is 8. The smallest absolute Gasteiger partial charge is 0.277 e. The van der Waals surface area contributed by atoms with Crippen LogP contribution in [0.3, 0.4) is 0 Å². The third-order valence-electron chi connectivity index (χ3n) is 3.90. The molecule has 0 radical (unpaired) electrons. The van der Waals surface area contributed by atoms with Crippen LogP contribution in [0.5, 0.6) is 0 Å². The molecule has 1 aromatic carbocycles. The highest BCUT2D eigenvalue weighted by molar-refractivity contribution is 7.99. The van der Waals surface area contributed by atoms with Crippen LogP contribution in [0.15, 0.2) is 45.5 Å². The first-order valence-corrected chi connectivity index (χ1v) is 9.89. The molecule has 4 aromatic rings. The van der Waals surface area contributed by atoms with Gasteiger partial charge in [-0.15, -0.1) is 21.5 Å². The molecule has 0 saturated carbocycles. The van der Waals surface area contributed by atoms with E-state index in [0.29, 0.717) is 10.9 Å². The van der Waals surface area contributed by atoms with Crippen molar-refractivity contribution in [1.82, 2.24) is 20.2 Å². The van der Waals surface area contributed by atoms with Crippen LogP contribution < -0.4 is 0 Å². The number of benzene rings is 1. The second kappa shape index (κ2) is 7.34. The Morgan fingerprint density at radius 3 is 3.04 bits per heavy atom. The van der Waals surface area contributed by atoms with Crippen LogP contribution in [0.25, 0.3) is 22.4 Å². The summed E-state index contributed by atoms with van der Waals surface area (Å²) in [6.45, 7) is 1.83. The lowest BCUT2D eigenvalue weighted by molar-refractivity contribution is -0.116. The molecule has 7 nitrogen and oxygen atoms in total. The van der Waals surface area contributed by atoms with Crippen molar-refractivity contribution in [3.8, 4) is 17.5 Å². The first-order chi connectivity index (χ1) is 13.2. The molecule has 4 rings (SSSR count). The van der Waals surface area contributed by atoms with Crippen molar-refractivity contribution in [3.05, 3.63) is 46.5 Å². The monoisotopic (exact) mass is 395 g/mol. The summed E-state index contributed by atoms with van der Waals surface area (Å²) in [5, 5.41) is 21.0. The maximum absolute atomic E-state index is 12.4. The molecular weight excluding hydrogens is 382 g/mol. The van der Waals surface area contributed by atoms with E-state index in [4.69, 9.17) is 4.42 Å². The van der Waals surface area contributed by atoms with E-state index in [1.165, 1.54) is 11.3 Å². The van der Waals surface area contributed by atoms with Gasteiger partial charge in [-0.25, -0.2) is 4.98 Å². The molecule has 0 aliphatic rings. The summed E-state index contributed by atoms with van der Waals surface area (Å²) in [6, 6.07) is 9.84. The molecule has 134 valence electrons. The fourth-order valence-electron chi connectivity index (χ4n) is 2.61. The molecule has 3 aromatic heterocycles. The van der Waals surface area contributed by atoms with Crippen molar-refractivity contribution in [2.24, 2.45) is 0 Å². The molecule has 0 saturated heterocycles. The van der Waals surface area contributed by atoms with Crippen LogP contribution in [-0.4, -0.2) is 31.7 Å². The summed E-state index contributed by atoms with van der Waals surface area (Å²) in [7, 11) is 0. The highest BCUT2D eigenvalue weighted by Crippen LogP contribution is 2.30. The number of aromatic amines is 1. The second-order valence-electron chi connectivity index (χ2n) is 5.77.